The third-order valence-electron chi connectivity index (χ3n) is 11.7. The van der Waals surface area contributed by atoms with Gasteiger partial charge in [0, 0.05) is 62.7 Å². The largest absolute Gasteiger partial charge is 0.506 e. The summed E-state index contributed by atoms with van der Waals surface area (Å²) >= 11 is 0. The van der Waals surface area contributed by atoms with Gasteiger partial charge in [0.1, 0.15) is 17.3 Å². The van der Waals surface area contributed by atoms with Gasteiger partial charge in [-0.3, -0.25) is 24.1 Å². The first kappa shape index (κ1) is 38.2. The molecule has 2 bridgehead atoms. The number of aliphatic hydroxyl groups is 1. The van der Waals surface area contributed by atoms with Crippen LogP contribution in [0.15, 0.2) is 83.7 Å². The number of aromatic nitrogens is 1. The molecule has 0 aliphatic carbocycles. The van der Waals surface area contributed by atoms with Gasteiger partial charge in [-0.15, -0.1) is 0 Å². The molecular formula is C43H51N5O7. The number of benzene rings is 3. The Kier molecular flexibility index (Phi) is 11.7. The second-order valence-corrected chi connectivity index (χ2v) is 15.2. The number of aryl methyl sites for hydroxylation is 1. The molecule has 0 radical (unpaired) electrons. The second-order valence-electron chi connectivity index (χ2n) is 15.2. The number of likely N-dealkylation sites (tertiary alicyclic amines) is 1. The number of ether oxygens (including phenoxy) is 1. The van der Waals surface area contributed by atoms with Gasteiger partial charge in [0.2, 0.25) is 11.5 Å². The Bertz CT molecular complexity index is 2040. The number of aromatic hydroxyl groups is 1. The number of rotatable bonds is 15. The molecule has 1 aromatic heterocycles. The maximum absolute atomic E-state index is 13.8. The fraction of sp³-hybridized carbons (Fsp3) is 0.442. The lowest BCUT2D eigenvalue weighted by Crippen LogP contribution is -2.66. The number of amides is 2. The number of phenolic OH excluding ortho intramolecular Hbond substituents is 1. The van der Waals surface area contributed by atoms with Gasteiger partial charge in [0.15, 0.2) is 0 Å². The minimum Gasteiger partial charge on any atom is -0.506 e. The summed E-state index contributed by atoms with van der Waals surface area (Å²) in [4.78, 5) is 60.7. The summed E-state index contributed by atoms with van der Waals surface area (Å²) in [7, 11) is 0. The van der Waals surface area contributed by atoms with E-state index in [9.17, 15) is 29.4 Å². The van der Waals surface area contributed by atoms with Crippen molar-refractivity contribution in [3.8, 4) is 5.75 Å². The van der Waals surface area contributed by atoms with Gasteiger partial charge in [0.25, 0.3) is 5.91 Å². The van der Waals surface area contributed by atoms with Crippen LogP contribution < -0.4 is 10.9 Å². The lowest BCUT2D eigenvalue weighted by Gasteiger charge is -2.50. The van der Waals surface area contributed by atoms with Crippen molar-refractivity contribution in [3.63, 3.8) is 0 Å². The Balaban J connectivity index is 0.860. The number of hydrogen-bond donors (Lipinski definition) is 4. The number of H-pyrrole nitrogens is 1. The number of carbonyl (C=O) groups excluding carboxylic acids is 3. The maximum atomic E-state index is 13.8. The highest BCUT2D eigenvalue weighted by Crippen LogP contribution is 2.39. The highest BCUT2D eigenvalue weighted by Gasteiger charge is 2.54. The van der Waals surface area contributed by atoms with E-state index >= 15 is 0 Å². The molecule has 5 heterocycles. The van der Waals surface area contributed by atoms with E-state index in [0.29, 0.717) is 79.9 Å². The fourth-order valence-electron chi connectivity index (χ4n) is 8.37. The Hall–Kier alpha value is -5.04. The van der Waals surface area contributed by atoms with Gasteiger partial charge in [-0.1, -0.05) is 48.5 Å². The van der Waals surface area contributed by atoms with Gasteiger partial charge in [-0.25, -0.2) is 0 Å². The average Bonchev–Trinajstić information content (AvgIpc) is 3.19. The number of aliphatic hydroxyl groups excluding tert-OH is 1. The summed E-state index contributed by atoms with van der Waals surface area (Å²) in [6, 6.07) is 23.2. The molecule has 0 saturated carbocycles. The number of piperidine rings is 3. The van der Waals surface area contributed by atoms with E-state index in [1.165, 1.54) is 12.1 Å². The Morgan fingerprint density at radius 3 is 2.44 bits per heavy atom. The van der Waals surface area contributed by atoms with E-state index in [2.05, 4.69) is 15.2 Å². The smallest absolute Gasteiger partial charge is 0.320 e. The van der Waals surface area contributed by atoms with Gasteiger partial charge in [-0.2, -0.15) is 0 Å². The van der Waals surface area contributed by atoms with Crippen molar-refractivity contribution in [2.45, 2.75) is 56.7 Å². The number of nitrogens with one attached hydrogen (secondary N) is 2. The van der Waals surface area contributed by atoms with Crippen molar-refractivity contribution in [2.75, 3.05) is 58.9 Å². The van der Waals surface area contributed by atoms with Crippen molar-refractivity contribution < 1.29 is 29.3 Å². The Labute approximate surface area is 321 Å². The van der Waals surface area contributed by atoms with Crippen LogP contribution in [0.3, 0.4) is 0 Å². The molecule has 2 amide bonds. The monoisotopic (exact) mass is 749 g/mol. The topological polar surface area (TPSA) is 156 Å². The summed E-state index contributed by atoms with van der Waals surface area (Å²) < 4.78 is 6.20. The van der Waals surface area contributed by atoms with E-state index < -0.39 is 11.5 Å². The summed E-state index contributed by atoms with van der Waals surface area (Å²) in [5.41, 5.74) is 2.13. The summed E-state index contributed by atoms with van der Waals surface area (Å²) in [6.07, 6.45) is 2.69. The molecule has 12 nitrogen and oxygen atoms in total. The van der Waals surface area contributed by atoms with Crippen LogP contribution in [0.4, 0.5) is 0 Å². The van der Waals surface area contributed by atoms with E-state index in [0.717, 1.165) is 43.6 Å². The first-order chi connectivity index (χ1) is 26.6. The molecule has 8 rings (SSSR count). The molecule has 4 saturated heterocycles. The Morgan fingerprint density at radius 2 is 1.75 bits per heavy atom. The first-order valence-electron chi connectivity index (χ1n) is 19.5. The lowest BCUT2D eigenvalue weighted by atomic mass is 9.73. The molecule has 4 N–H and O–H groups in total. The molecule has 0 spiro atoms. The van der Waals surface area contributed by atoms with Crippen LogP contribution in [0.2, 0.25) is 0 Å². The molecule has 4 aliphatic rings. The SMILES string of the molecule is CCN(CCCNCC(O)c1ccc(O)c2[nH]c(=O)ccc12)C(=O)c1ccc(CCC(=O)N2CC(C(=O)OC3CN4CCC3CC4)(c3ccccc3)C2)cc1. The molecule has 2 unspecified atom stereocenters. The second kappa shape index (κ2) is 16.8. The van der Waals surface area contributed by atoms with Crippen molar-refractivity contribution in [1.29, 1.82) is 0 Å². The zero-order chi connectivity index (χ0) is 38.5. The number of pyridine rings is 1. The standard InChI is InChI=1S/C43H51N5O7/c1-2-47(22-6-21-44-25-36(50)33-14-16-35(49)40-34(33)15-17-38(51)45-40)41(53)31-12-9-29(10-13-31)11-18-39(52)48-27-43(28-48,32-7-4-3-5-8-32)42(54)55-37-26-46-23-19-30(37)20-24-46/h3-5,7-10,12-17,30,36-37,44,49-50H,2,6,11,18-28H2,1H3,(H,45,51). The molecule has 4 aliphatic heterocycles. The third-order valence-corrected chi connectivity index (χ3v) is 11.7. The van der Waals surface area contributed by atoms with Crippen LogP contribution in [-0.4, -0.2) is 113 Å². The molecule has 290 valence electrons. The van der Waals surface area contributed by atoms with Crippen molar-refractivity contribution in [1.82, 2.24) is 25.0 Å². The molecule has 2 atom stereocenters. The van der Waals surface area contributed by atoms with Gasteiger partial charge < -0.3 is 35.1 Å². The molecule has 3 aromatic carbocycles. The van der Waals surface area contributed by atoms with E-state index in [-0.39, 0.29) is 41.7 Å². The van der Waals surface area contributed by atoms with Crippen molar-refractivity contribution >= 4 is 28.7 Å². The van der Waals surface area contributed by atoms with Crippen molar-refractivity contribution in [3.05, 3.63) is 111 Å². The predicted molar refractivity (Wildman–Crippen MR) is 209 cm³/mol. The molecule has 55 heavy (non-hydrogen) atoms. The predicted octanol–water partition coefficient (Wildman–Crippen LogP) is 3.76. The first-order valence-corrected chi connectivity index (χ1v) is 19.5. The Morgan fingerprint density at radius 1 is 1.00 bits per heavy atom. The van der Waals surface area contributed by atoms with Crippen LogP contribution in [0.5, 0.6) is 5.75 Å². The summed E-state index contributed by atoms with van der Waals surface area (Å²) in [6.45, 7) is 7.42. The zero-order valence-corrected chi connectivity index (χ0v) is 31.4. The number of nitrogens with zero attached hydrogens (tertiary/aromatic N) is 3. The average molecular weight is 750 g/mol. The van der Waals surface area contributed by atoms with Crippen LogP contribution in [-0.2, 0) is 26.2 Å². The molecule has 4 fully saturated rings. The number of hydrogen-bond acceptors (Lipinski definition) is 9. The maximum Gasteiger partial charge on any atom is 0.320 e. The van der Waals surface area contributed by atoms with E-state index in [1.807, 2.05) is 61.5 Å². The minimum atomic E-state index is -0.857. The fourth-order valence-corrected chi connectivity index (χ4v) is 8.37. The van der Waals surface area contributed by atoms with Crippen molar-refractivity contribution in [2.24, 2.45) is 5.92 Å². The third kappa shape index (κ3) is 8.31. The lowest BCUT2D eigenvalue weighted by molar-refractivity contribution is -0.175. The number of esters is 1. The quantitative estimate of drug-likeness (QED) is 0.105. The summed E-state index contributed by atoms with van der Waals surface area (Å²) in [5, 5.41) is 24.8. The van der Waals surface area contributed by atoms with Gasteiger partial charge in [0.05, 0.1) is 11.6 Å². The van der Waals surface area contributed by atoms with Crippen LogP contribution in [0.1, 0.15) is 65.8 Å². The van der Waals surface area contributed by atoms with Crippen LogP contribution in [0.25, 0.3) is 10.9 Å². The highest BCUT2D eigenvalue weighted by atomic mass is 16.5. The highest BCUT2D eigenvalue weighted by molar-refractivity contribution is 5.94. The van der Waals surface area contributed by atoms with E-state index in [4.69, 9.17) is 4.74 Å². The normalized spacial score (nSPS) is 20.5. The summed E-state index contributed by atoms with van der Waals surface area (Å²) in [5.74, 6) is 0.0555. The van der Waals surface area contributed by atoms with Crippen LogP contribution >= 0.6 is 0 Å². The zero-order valence-electron chi connectivity index (χ0n) is 31.4. The van der Waals surface area contributed by atoms with Gasteiger partial charge >= 0.3 is 5.97 Å². The number of fused-ring (bicyclic) bond motifs is 4. The molecule has 4 aromatic rings. The van der Waals surface area contributed by atoms with Gasteiger partial charge in [-0.05, 0) is 99.1 Å². The molecular weight excluding hydrogens is 699 g/mol. The minimum absolute atomic E-state index is 0.00612. The van der Waals surface area contributed by atoms with E-state index in [1.54, 1.807) is 21.9 Å². The number of carbonyl (C=O) groups is 3. The number of aromatic amines is 1. The molecule has 12 heteroatoms. The number of phenols is 1. The van der Waals surface area contributed by atoms with Crippen LogP contribution in [0, 0.1) is 5.92 Å².